The molecule has 0 fully saturated rings. The topological polar surface area (TPSA) is 73.6 Å². The van der Waals surface area contributed by atoms with Crippen molar-refractivity contribution in [2.75, 3.05) is 13.7 Å². The average Bonchev–Trinajstić information content (AvgIpc) is 2.67. The average molecular weight is 342 g/mol. The summed E-state index contributed by atoms with van der Waals surface area (Å²) in [5.74, 6) is 1.28. The molecule has 5 nitrogen and oxygen atoms in total. The first-order chi connectivity index (χ1) is 12.2. The predicted octanol–water partition coefficient (Wildman–Crippen LogP) is 3.26. The largest absolute Gasteiger partial charge is 0.493 e. The Morgan fingerprint density at radius 3 is 2.44 bits per heavy atom. The molecule has 0 atom stereocenters. The molecule has 0 saturated heterocycles. The molecule has 0 radical (unpaired) electrons. The summed E-state index contributed by atoms with van der Waals surface area (Å²) in [7, 11) is 1.61. The zero-order chi connectivity index (χ0) is 18.1. The maximum absolute atomic E-state index is 12.2. The number of carbonyl (C=O) groups is 1. The van der Waals surface area contributed by atoms with Gasteiger partial charge in [0.15, 0.2) is 11.5 Å². The van der Waals surface area contributed by atoms with E-state index in [-0.39, 0.29) is 5.91 Å². The van der Waals surface area contributed by atoms with Gasteiger partial charge in [0, 0.05) is 18.7 Å². The number of methoxy groups -OCH3 is 1. The minimum absolute atomic E-state index is 0.120. The van der Waals surface area contributed by atoms with E-state index in [0.29, 0.717) is 31.0 Å². The summed E-state index contributed by atoms with van der Waals surface area (Å²) in [6.45, 7) is 3.68. The quantitative estimate of drug-likeness (QED) is 0.686. The molecule has 2 rings (SSSR count). The van der Waals surface area contributed by atoms with Crippen molar-refractivity contribution >= 4 is 5.91 Å². The molecule has 134 valence electrons. The molecule has 0 bridgehead atoms. The van der Waals surface area contributed by atoms with Crippen LogP contribution >= 0.6 is 0 Å². The van der Waals surface area contributed by atoms with E-state index < -0.39 is 0 Å². The maximum atomic E-state index is 12.2. The second kappa shape index (κ2) is 9.69. The van der Waals surface area contributed by atoms with Crippen LogP contribution in [0.2, 0.25) is 0 Å². The number of carbonyl (C=O) groups excluding carboxylic acids is 1. The molecule has 0 aromatic heterocycles. The molecule has 0 unspecified atom stereocenters. The van der Waals surface area contributed by atoms with Gasteiger partial charge in [-0.15, -0.1) is 0 Å². The minimum Gasteiger partial charge on any atom is -0.493 e. The number of ether oxygens (including phenoxy) is 2. The van der Waals surface area contributed by atoms with Gasteiger partial charge in [-0.3, -0.25) is 4.79 Å². The number of rotatable bonds is 9. The lowest BCUT2D eigenvalue weighted by molar-refractivity contribution is 0.0951. The number of amides is 1. The Morgan fingerprint density at radius 2 is 1.80 bits per heavy atom. The highest BCUT2D eigenvalue weighted by Gasteiger charge is 2.08. The van der Waals surface area contributed by atoms with E-state index in [0.717, 1.165) is 29.7 Å². The highest BCUT2D eigenvalue weighted by Crippen LogP contribution is 2.28. The van der Waals surface area contributed by atoms with Crippen molar-refractivity contribution in [3.8, 4) is 11.5 Å². The molecule has 0 aliphatic carbocycles. The van der Waals surface area contributed by atoms with E-state index >= 15 is 0 Å². The Balaban J connectivity index is 1.96. The van der Waals surface area contributed by atoms with E-state index in [4.69, 9.17) is 15.2 Å². The fourth-order valence-corrected chi connectivity index (χ4v) is 2.34. The first-order valence-electron chi connectivity index (χ1n) is 8.54. The second-order valence-corrected chi connectivity index (χ2v) is 5.77. The normalized spacial score (nSPS) is 10.4. The van der Waals surface area contributed by atoms with Crippen LogP contribution in [0.5, 0.6) is 11.5 Å². The summed E-state index contributed by atoms with van der Waals surface area (Å²) < 4.78 is 11.1. The van der Waals surface area contributed by atoms with Crippen molar-refractivity contribution in [3.05, 3.63) is 59.2 Å². The summed E-state index contributed by atoms with van der Waals surface area (Å²) in [6, 6.07) is 13.0. The zero-order valence-corrected chi connectivity index (χ0v) is 14.9. The third-order valence-corrected chi connectivity index (χ3v) is 3.89. The molecule has 3 N–H and O–H groups in total. The van der Waals surface area contributed by atoms with Crippen LogP contribution in [0, 0.1) is 0 Å². The summed E-state index contributed by atoms with van der Waals surface area (Å²) in [4.78, 5) is 12.2. The highest BCUT2D eigenvalue weighted by atomic mass is 16.5. The van der Waals surface area contributed by atoms with E-state index in [1.54, 1.807) is 19.2 Å². The Labute approximate surface area is 149 Å². The lowest BCUT2D eigenvalue weighted by Gasteiger charge is -2.12. The molecule has 2 aromatic carbocycles. The maximum Gasteiger partial charge on any atom is 0.251 e. The SMILES string of the molecule is CCCCOc1ccc(CNC(=O)c2ccc(CN)cc2)cc1OC. The third kappa shape index (κ3) is 5.50. The molecule has 5 heteroatoms. The van der Waals surface area contributed by atoms with E-state index in [2.05, 4.69) is 12.2 Å². The Morgan fingerprint density at radius 1 is 1.08 bits per heavy atom. The number of hydrogen-bond donors (Lipinski definition) is 2. The van der Waals surface area contributed by atoms with Gasteiger partial charge in [0.1, 0.15) is 0 Å². The lowest BCUT2D eigenvalue weighted by atomic mass is 10.1. The van der Waals surface area contributed by atoms with Crippen LogP contribution in [0.4, 0.5) is 0 Å². The van der Waals surface area contributed by atoms with Crippen LogP contribution in [0.3, 0.4) is 0 Å². The van der Waals surface area contributed by atoms with Gasteiger partial charge < -0.3 is 20.5 Å². The third-order valence-electron chi connectivity index (χ3n) is 3.89. The number of hydrogen-bond acceptors (Lipinski definition) is 4. The molecule has 0 spiro atoms. The van der Waals surface area contributed by atoms with Gasteiger partial charge in [-0.05, 0) is 41.8 Å². The highest BCUT2D eigenvalue weighted by molar-refractivity contribution is 5.94. The first-order valence-corrected chi connectivity index (χ1v) is 8.54. The van der Waals surface area contributed by atoms with Gasteiger partial charge in [-0.1, -0.05) is 31.5 Å². The lowest BCUT2D eigenvalue weighted by Crippen LogP contribution is -2.22. The van der Waals surface area contributed by atoms with Gasteiger partial charge in [0.2, 0.25) is 0 Å². The zero-order valence-electron chi connectivity index (χ0n) is 14.9. The van der Waals surface area contributed by atoms with Crippen LogP contribution in [0.15, 0.2) is 42.5 Å². The standard InChI is InChI=1S/C20H26N2O3/c1-3-4-11-25-18-10-7-16(12-19(18)24-2)14-22-20(23)17-8-5-15(13-21)6-9-17/h5-10,12H,3-4,11,13-14,21H2,1-2H3,(H,22,23). The summed E-state index contributed by atoms with van der Waals surface area (Å²) >= 11 is 0. The van der Waals surface area contributed by atoms with Gasteiger partial charge >= 0.3 is 0 Å². The number of unbranched alkanes of at least 4 members (excludes halogenated alkanes) is 1. The van der Waals surface area contributed by atoms with Gasteiger partial charge in [0.25, 0.3) is 5.91 Å². The van der Waals surface area contributed by atoms with E-state index in [1.807, 2.05) is 30.3 Å². The fraction of sp³-hybridized carbons (Fsp3) is 0.350. The molecule has 0 heterocycles. The smallest absolute Gasteiger partial charge is 0.251 e. The number of benzene rings is 2. The summed E-state index contributed by atoms with van der Waals surface area (Å²) in [6.07, 6.45) is 2.09. The molecule has 2 aromatic rings. The number of nitrogens with two attached hydrogens (primary N) is 1. The Kier molecular flexibility index (Phi) is 7.29. The van der Waals surface area contributed by atoms with Crippen LogP contribution in [-0.4, -0.2) is 19.6 Å². The van der Waals surface area contributed by atoms with Crippen molar-refractivity contribution < 1.29 is 14.3 Å². The molecule has 25 heavy (non-hydrogen) atoms. The van der Waals surface area contributed by atoms with Crippen LogP contribution in [0.25, 0.3) is 0 Å². The van der Waals surface area contributed by atoms with Crippen molar-refractivity contribution in [1.82, 2.24) is 5.32 Å². The Bertz CT molecular complexity index is 684. The summed E-state index contributed by atoms with van der Waals surface area (Å²) in [5.41, 5.74) is 8.13. The fourth-order valence-electron chi connectivity index (χ4n) is 2.34. The summed E-state index contributed by atoms with van der Waals surface area (Å²) in [5, 5.41) is 2.91. The molecule has 0 aliphatic heterocycles. The van der Waals surface area contributed by atoms with Crippen LogP contribution in [0.1, 0.15) is 41.3 Å². The predicted molar refractivity (Wildman–Crippen MR) is 98.9 cm³/mol. The van der Waals surface area contributed by atoms with Gasteiger partial charge in [-0.25, -0.2) is 0 Å². The van der Waals surface area contributed by atoms with Crippen LogP contribution < -0.4 is 20.5 Å². The van der Waals surface area contributed by atoms with Gasteiger partial charge in [-0.2, -0.15) is 0 Å². The molecule has 0 aliphatic rings. The molecular formula is C20H26N2O3. The van der Waals surface area contributed by atoms with Crippen molar-refractivity contribution in [1.29, 1.82) is 0 Å². The monoisotopic (exact) mass is 342 g/mol. The molecule has 1 amide bonds. The van der Waals surface area contributed by atoms with Crippen molar-refractivity contribution in [2.24, 2.45) is 5.73 Å². The number of nitrogens with one attached hydrogen (secondary N) is 1. The molecular weight excluding hydrogens is 316 g/mol. The molecule has 0 saturated carbocycles. The minimum atomic E-state index is -0.120. The van der Waals surface area contributed by atoms with Crippen molar-refractivity contribution in [3.63, 3.8) is 0 Å². The second-order valence-electron chi connectivity index (χ2n) is 5.77. The van der Waals surface area contributed by atoms with Crippen LogP contribution in [-0.2, 0) is 13.1 Å². The van der Waals surface area contributed by atoms with E-state index in [1.165, 1.54) is 0 Å². The van der Waals surface area contributed by atoms with E-state index in [9.17, 15) is 4.79 Å². The first kappa shape index (κ1) is 18.8. The Hall–Kier alpha value is -2.53. The van der Waals surface area contributed by atoms with Crippen molar-refractivity contribution in [2.45, 2.75) is 32.9 Å². The van der Waals surface area contributed by atoms with Gasteiger partial charge in [0.05, 0.1) is 13.7 Å².